The van der Waals surface area contributed by atoms with Crippen LogP contribution in [-0.4, -0.2) is 32.5 Å². The standard InChI is InChI=1S/C27H29FN2O4/c1-5-21(31)16-23(32)22(6-2)27(33)34-26-24(17(3)4)29-25(18-10-8-7-9-11-18)30(26)20-14-12-19(28)13-15-20/h5,7-15,17,21-22,31H,1,6,16H2,2-4H3. The van der Waals surface area contributed by atoms with E-state index in [4.69, 9.17) is 9.72 Å². The third-order valence-electron chi connectivity index (χ3n) is 5.49. The van der Waals surface area contributed by atoms with E-state index in [1.165, 1.54) is 18.2 Å². The van der Waals surface area contributed by atoms with E-state index in [0.29, 0.717) is 17.2 Å². The van der Waals surface area contributed by atoms with Gasteiger partial charge in [-0.3, -0.25) is 14.2 Å². The minimum absolute atomic E-state index is 0.106. The largest absolute Gasteiger partial charge is 0.406 e. The number of esters is 1. The fourth-order valence-corrected chi connectivity index (χ4v) is 3.63. The molecule has 6 nitrogen and oxygen atoms in total. The van der Waals surface area contributed by atoms with Gasteiger partial charge in [-0.1, -0.05) is 57.2 Å². The topological polar surface area (TPSA) is 81.4 Å². The summed E-state index contributed by atoms with van der Waals surface area (Å²) in [6, 6.07) is 15.2. The first-order valence-corrected chi connectivity index (χ1v) is 11.3. The summed E-state index contributed by atoms with van der Waals surface area (Å²) in [5.74, 6) is -2.00. The number of carbonyl (C=O) groups excluding carboxylic acids is 2. The molecule has 0 radical (unpaired) electrons. The van der Waals surface area contributed by atoms with E-state index < -0.39 is 29.6 Å². The first kappa shape index (κ1) is 25.1. The van der Waals surface area contributed by atoms with Gasteiger partial charge in [-0.25, -0.2) is 9.37 Å². The van der Waals surface area contributed by atoms with Crippen molar-refractivity contribution in [3.63, 3.8) is 0 Å². The summed E-state index contributed by atoms with van der Waals surface area (Å²) >= 11 is 0. The average molecular weight is 465 g/mol. The molecule has 0 fully saturated rings. The van der Waals surface area contributed by atoms with E-state index in [0.717, 1.165) is 5.56 Å². The second kappa shape index (κ2) is 11.0. The number of rotatable bonds is 10. The molecule has 0 aliphatic heterocycles. The van der Waals surface area contributed by atoms with Crippen LogP contribution in [0.25, 0.3) is 17.1 Å². The number of Topliss-reactive ketones (excluding diaryl/α,β-unsaturated/α-hetero) is 1. The molecular formula is C27H29FN2O4. The summed E-state index contributed by atoms with van der Waals surface area (Å²) in [5.41, 5.74) is 1.88. The third kappa shape index (κ3) is 5.48. The zero-order valence-corrected chi connectivity index (χ0v) is 19.6. The molecule has 0 saturated carbocycles. The van der Waals surface area contributed by atoms with Crippen molar-refractivity contribution in [1.29, 1.82) is 0 Å². The summed E-state index contributed by atoms with van der Waals surface area (Å²) < 4.78 is 21.2. The smallest absolute Gasteiger partial charge is 0.323 e. The lowest BCUT2D eigenvalue weighted by Gasteiger charge is -2.17. The van der Waals surface area contributed by atoms with Gasteiger partial charge in [0.15, 0.2) is 0 Å². The number of imidazole rings is 1. The average Bonchev–Trinajstić information content (AvgIpc) is 3.19. The van der Waals surface area contributed by atoms with E-state index >= 15 is 0 Å². The van der Waals surface area contributed by atoms with Gasteiger partial charge < -0.3 is 9.84 Å². The van der Waals surface area contributed by atoms with Gasteiger partial charge in [0.05, 0.1) is 11.8 Å². The predicted octanol–water partition coefficient (Wildman–Crippen LogP) is 5.24. The van der Waals surface area contributed by atoms with E-state index in [1.54, 1.807) is 23.6 Å². The molecule has 0 amide bonds. The van der Waals surface area contributed by atoms with E-state index in [-0.39, 0.29) is 24.6 Å². The lowest BCUT2D eigenvalue weighted by Crippen LogP contribution is -2.30. The fraction of sp³-hybridized carbons (Fsp3) is 0.296. The van der Waals surface area contributed by atoms with Gasteiger partial charge in [0.1, 0.15) is 29.0 Å². The van der Waals surface area contributed by atoms with E-state index in [1.807, 2.05) is 44.2 Å². The summed E-state index contributed by atoms with van der Waals surface area (Å²) in [5, 5.41) is 9.77. The van der Waals surface area contributed by atoms with Gasteiger partial charge in [-0.15, -0.1) is 6.58 Å². The molecule has 7 heteroatoms. The Balaban J connectivity index is 2.12. The van der Waals surface area contributed by atoms with Crippen molar-refractivity contribution in [1.82, 2.24) is 9.55 Å². The maximum atomic E-state index is 13.7. The van der Waals surface area contributed by atoms with Crippen molar-refractivity contribution >= 4 is 11.8 Å². The molecule has 1 aromatic heterocycles. The molecule has 0 spiro atoms. The van der Waals surface area contributed by atoms with Gasteiger partial charge >= 0.3 is 5.97 Å². The molecule has 3 rings (SSSR count). The minimum Gasteiger partial charge on any atom is -0.406 e. The van der Waals surface area contributed by atoms with Crippen LogP contribution in [-0.2, 0) is 9.59 Å². The number of hydrogen-bond acceptors (Lipinski definition) is 5. The molecule has 2 atom stereocenters. The fourth-order valence-electron chi connectivity index (χ4n) is 3.63. The SMILES string of the molecule is C=CC(O)CC(=O)C(CC)C(=O)Oc1c(C(C)C)nc(-c2ccccc2)n1-c1ccc(F)cc1. The zero-order valence-electron chi connectivity index (χ0n) is 19.6. The van der Waals surface area contributed by atoms with E-state index in [2.05, 4.69) is 6.58 Å². The molecule has 178 valence electrons. The molecule has 3 aromatic rings. The number of halogens is 1. The Hall–Kier alpha value is -3.58. The summed E-state index contributed by atoms with van der Waals surface area (Å²) in [7, 11) is 0. The van der Waals surface area contributed by atoms with Gasteiger partial charge in [0.2, 0.25) is 5.88 Å². The molecule has 2 unspecified atom stereocenters. The molecule has 0 aliphatic rings. The van der Waals surface area contributed by atoms with Crippen LogP contribution in [0.4, 0.5) is 4.39 Å². The Labute approximate surface area is 198 Å². The number of aromatic nitrogens is 2. The van der Waals surface area contributed by atoms with Crippen LogP contribution in [0, 0.1) is 11.7 Å². The van der Waals surface area contributed by atoms with Crippen LogP contribution in [0.3, 0.4) is 0 Å². The maximum absolute atomic E-state index is 13.7. The minimum atomic E-state index is -1.05. The van der Waals surface area contributed by atoms with Gasteiger partial charge in [-0.05, 0) is 30.7 Å². The van der Waals surface area contributed by atoms with Gasteiger partial charge in [-0.2, -0.15) is 0 Å². The lowest BCUT2D eigenvalue weighted by molar-refractivity contribution is -0.144. The molecular weight excluding hydrogens is 435 g/mol. The van der Waals surface area contributed by atoms with Gasteiger partial charge in [0, 0.05) is 17.9 Å². The Kier molecular flexibility index (Phi) is 8.12. The van der Waals surface area contributed by atoms with Crippen molar-refractivity contribution in [2.75, 3.05) is 0 Å². The third-order valence-corrected chi connectivity index (χ3v) is 5.49. The number of carbonyl (C=O) groups is 2. The molecule has 1 heterocycles. The molecule has 1 N–H and O–H groups in total. The number of aliphatic hydroxyl groups excluding tert-OH is 1. The second-order valence-electron chi connectivity index (χ2n) is 8.31. The maximum Gasteiger partial charge on any atom is 0.323 e. The van der Waals surface area contributed by atoms with E-state index in [9.17, 15) is 19.1 Å². The monoisotopic (exact) mass is 464 g/mol. The molecule has 34 heavy (non-hydrogen) atoms. The molecule has 0 aliphatic carbocycles. The highest BCUT2D eigenvalue weighted by Crippen LogP contribution is 2.36. The summed E-state index contributed by atoms with van der Waals surface area (Å²) in [4.78, 5) is 30.6. The van der Waals surface area contributed by atoms with Crippen molar-refractivity contribution in [2.45, 2.75) is 45.6 Å². The van der Waals surface area contributed by atoms with Crippen LogP contribution in [0.15, 0.2) is 67.3 Å². The highest BCUT2D eigenvalue weighted by atomic mass is 19.1. The first-order chi connectivity index (χ1) is 16.3. The molecule has 0 saturated heterocycles. The zero-order chi connectivity index (χ0) is 24.8. The van der Waals surface area contributed by atoms with Crippen LogP contribution in [0.1, 0.15) is 45.2 Å². The van der Waals surface area contributed by atoms with Crippen LogP contribution in [0.2, 0.25) is 0 Å². The van der Waals surface area contributed by atoms with Crippen LogP contribution >= 0.6 is 0 Å². The van der Waals surface area contributed by atoms with Crippen LogP contribution in [0.5, 0.6) is 5.88 Å². The predicted molar refractivity (Wildman–Crippen MR) is 128 cm³/mol. The van der Waals surface area contributed by atoms with Crippen molar-refractivity contribution < 1.29 is 23.8 Å². The van der Waals surface area contributed by atoms with Gasteiger partial charge in [0.25, 0.3) is 0 Å². The van der Waals surface area contributed by atoms with Crippen LogP contribution < -0.4 is 4.74 Å². The first-order valence-electron chi connectivity index (χ1n) is 11.3. The summed E-state index contributed by atoms with van der Waals surface area (Å²) in [6.07, 6.45) is 0.216. The number of nitrogens with zero attached hydrogens (tertiary/aromatic N) is 2. The number of hydrogen-bond donors (Lipinski definition) is 1. The Morgan fingerprint density at radius 1 is 1.15 bits per heavy atom. The Morgan fingerprint density at radius 3 is 2.35 bits per heavy atom. The van der Waals surface area contributed by atoms with Crippen molar-refractivity contribution in [3.8, 4) is 23.0 Å². The number of ketones is 1. The number of benzene rings is 2. The number of aliphatic hydroxyl groups is 1. The van der Waals surface area contributed by atoms with Crippen molar-refractivity contribution in [2.24, 2.45) is 5.92 Å². The second-order valence-corrected chi connectivity index (χ2v) is 8.31. The Morgan fingerprint density at radius 2 is 1.79 bits per heavy atom. The summed E-state index contributed by atoms with van der Waals surface area (Å²) in [6.45, 7) is 9.02. The Bertz CT molecular complexity index is 1150. The number of ether oxygens (including phenoxy) is 1. The molecule has 2 aromatic carbocycles. The highest BCUT2D eigenvalue weighted by molar-refractivity contribution is 6.00. The highest BCUT2D eigenvalue weighted by Gasteiger charge is 2.31. The molecule has 0 bridgehead atoms. The van der Waals surface area contributed by atoms with Crippen molar-refractivity contribution in [3.05, 3.63) is 78.8 Å². The lowest BCUT2D eigenvalue weighted by atomic mass is 9.97. The normalized spacial score (nSPS) is 12.9. The quantitative estimate of drug-likeness (QED) is 0.252.